The Kier molecular flexibility index (Phi) is 4.13. The molecule has 2 unspecified atom stereocenters. The molecule has 0 saturated carbocycles. The maximum atomic E-state index is 7.04. The highest BCUT2D eigenvalue weighted by atomic mass is 16.7. The topological polar surface area (TPSA) is 42.3 Å². The second-order valence-electron chi connectivity index (χ2n) is 2.95. The Balaban J connectivity index is 2.61. The van der Waals surface area contributed by atoms with E-state index in [1.807, 2.05) is 6.08 Å². The van der Waals surface area contributed by atoms with Crippen LogP contribution in [0.15, 0.2) is 37.1 Å². The molecule has 0 amide bonds. The summed E-state index contributed by atoms with van der Waals surface area (Å²) >= 11 is 0. The molecule has 1 rings (SSSR count). The lowest BCUT2D eigenvalue weighted by Gasteiger charge is -2.05. The summed E-state index contributed by atoms with van der Waals surface area (Å²) in [5.74, 6) is 0.746. The molecule has 3 heteroatoms. The minimum absolute atomic E-state index is 0.0717. The van der Waals surface area contributed by atoms with Crippen molar-refractivity contribution in [3.05, 3.63) is 37.1 Å². The summed E-state index contributed by atoms with van der Waals surface area (Å²) in [6.07, 6.45) is 7.50. The van der Waals surface area contributed by atoms with E-state index in [-0.39, 0.29) is 6.10 Å². The summed E-state index contributed by atoms with van der Waals surface area (Å²) in [5, 5.41) is 7.04. The lowest BCUT2D eigenvalue weighted by molar-refractivity contribution is 0.00156. The molecule has 0 aromatic heterocycles. The van der Waals surface area contributed by atoms with Gasteiger partial charge in [-0.05, 0) is 18.9 Å². The van der Waals surface area contributed by atoms with E-state index < -0.39 is 6.29 Å². The second-order valence-corrected chi connectivity index (χ2v) is 2.95. The monoisotopic (exact) mass is 193 g/mol. The summed E-state index contributed by atoms with van der Waals surface area (Å²) in [4.78, 5) is 0. The molecule has 1 saturated heterocycles. The Bertz CT molecular complexity index is 258. The Hall–Kier alpha value is -1.35. The molecule has 1 fully saturated rings. The van der Waals surface area contributed by atoms with Crippen LogP contribution >= 0.6 is 0 Å². The van der Waals surface area contributed by atoms with Crippen LogP contribution in [0.2, 0.25) is 0 Å². The van der Waals surface area contributed by atoms with Crippen LogP contribution in [-0.4, -0.2) is 18.6 Å². The number of hydrogen-bond donors (Lipinski definition) is 1. The van der Waals surface area contributed by atoms with Crippen molar-refractivity contribution in [2.75, 3.05) is 0 Å². The molecule has 1 heterocycles. The lowest BCUT2D eigenvalue weighted by Crippen LogP contribution is -2.12. The van der Waals surface area contributed by atoms with Crippen LogP contribution in [-0.2, 0) is 9.47 Å². The molecule has 1 aliphatic rings. The van der Waals surface area contributed by atoms with Crippen molar-refractivity contribution in [1.82, 2.24) is 0 Å². The molecule has 0 bridgehead atoms. The molecular weight excluding hydrogens is 178 g/mol. The van der Waals surface area contributed by atoms with Gasteiger partial charge in [-0.2, -0.15) is 0 Å². The van der Waals surface area contributed by atoms with Gasteiger partial charge in [-0.15, -0.1) is 6.58 Å². The average Bonchev–Trinajstić information content (AvgIpc) is 2.58. The molecule has 14 heavy (non-hydrogen) atoms. The van der Waals surface area contributed by atoms with E-state index in [1.54, 1.807) is 12.2 Å². The minimum Gasteiger partial charge on any atom is -0.461 e. The van der Waals surface area contributed by atoms with Crippen molar-refractivity contribution < 1.29 is 9.47 Å². The van der Waals surface area contributed by atoms with Crippen LogP contribution < -0.4 is 0 Å². The van der Waals surface area contributed by atoms with Crippen LogP contribution in [0, 0.1) is 5.41 Å². The molecule has 1 N–H and O–H groups in total. The predicted molar refractivity (Wildman–Crippen MR) is 56.2 cm³/mol. The standard InChI is InChI=1S/C11H15NO2/c1-3-5-7-10-9(6-4-2)13-11(8-12)14-10/h3-4,6,8,10-12H,1-2,5,7H2/b9-6+,12-8?. The van der Waals surface area contributed by atoms with Gasteiger partial charge in [-0.1, -0.05) is 18.7 Å². The number of hydrogen-bond acceptors (Lipinski definition) is 3. The molecule has 0 spiro atoms. The maximum Gasteiger partial charge on any atom is 0.236 e. The van der Waals surface area contributed by atoms with Gasteiger partial charge in [0.05, 0.1) is 6.21 Å². The zero-order chi connectivity index (χ0) is 10.4. The van der Waals surface area contributed by atoms with Gasteiger partial charge in [0.2, 0.25) is 6.29 Å². The molecule has 1 aliphatic heterocycles. The number of allylic oxidation sites excluding steroid dienone is 3. The maximum absolute atomic E-state index is 7.04. The van der Waals surface area contributed by atoms with E-state index in [2.05, 4.69) is 13.2 Å². The van der Waals surface area contributed by atoms with E-state index in [1.165, 1.54) is 0 Å². The number of rotatable bonds is 5. The zero-order valence-electron chi connectivity index (χ0n) is 8.11. The highest BCUT2D eigenvalue weighted by Crippen LogP contribution is 2.25. The van der Waals surface area contributed by atoms with Gasteiger partial charge >= 0.3 is 0 Å². The summed E-state index contributed by atoms with van der Waals surface area (Å²) in [6, 6.07) is 0. The molecule has 0 aliphatic carbocycles. The normalized spacial score (nSPS) is 28.4. The van der Waals surface area contributed by atoms with Gasteiger partial charge in [0.1, 0.15) is 11.9 Å². The van der Waals surface area contributed by atoms with Crippen LogP contribution in [0.5, 0.6) is 0 Å². The molecular formula is C11H15NO2. The average molecular weight is 193 g/mol. The third kappa shape index (κ3) is 2.57. The van der Waals surface area contributed by atoms with E-state index in [0.29, 0.717) is 0 Å². The molecule has 0 radical (unpaired) electrons. The van der Waals surface area contributed by atoms with E-state index in [4.69, 9.17) is 14.9 Å². The van der Waals surface area contributed by atoms with Crippen molar-refractivity contribution in [1.29, 1.82) is 5.41 Å². The third-order valence-electron chi connectivity index (χ3n) is 1.92. The van der Waals surface area contributed by atoms with Crippen molar-refractivity contribution in [3.8, 4) is 0 Å². The highest BCUT2D eigenvalue weighted by Gasteiger charge is 2.29. The molecule has 0 aromatic rings. The fourth-order valence-corrected chi connectivity index (χ4v) is 1.28. The largest absolute Gasteiger partial charge is 0.461 e. The van der Waals surface area contributed by atoms with E-state index in [9.17, 15) is 0 Å². The van der Waals surface area contributed by atoms with Gasteiger partial charge in [0, 0.05) is 0 Å². The first-order valence-electron chi connectivity index (χ1n) is 4.58. The second kappa shape index (κ2) is 5.40. The summed E-state index contributed by atoms with van der Waals surface area (Å²) < 4.78 is 10.8. The van der Waals surface area contributed by atoms with Crippen molar-refractivity contribution in [2.24, 2.45) is 0 Å². The first-order valence-corrected chi connectivity index (χ1v) is 4.58. The quantitative estimate of drug-likeness (QED) is 0.538. The van der Waals surface area contributed by atoms with Crippen molar-refractivity contribution in [2.45, 2.75) is 25.2 Å². The Morgan fingerprint density at radius 1 is 1.43 bits per heavy atom. The fraction of sp³-hybridized carbons (Fsp3) is 0.364. The van der Waals surface area contributed by atoms with Gasteiger partial charge in [-0.25, -0.2) is 0 Å². The first kappa shape index (κ1) is 10.7. The van der Waals surface area contributed by atoms with E-state index in [0.717, 1.165) is 24.8 Å². The van der Waals surface area contributed by atoms with Gasteiger partial charge in [-0.3, -0.25) is 0 Å². The first-order chi connectivity index (χ1) is 6.81. The van der Waals surface area contributed by atoms with Crippen LogP contribution in [0.1, 0.15) is 12.8 Å². The van der Waals surface area contributed by atoms with Crippen LogP contribution in [0.3, 0.4) is 0 Å². The van der Waals surface area contributed by atoms with Crippen LogP contribution in [0.4, 0.5) is 0 Å². The van der Waals surface area contributed by atoms with Crippen LogP contribution in [0.25, 0.3) is 0 Å². The minimum atomic E-state index is -0.545. The molecule has 2 atom stereocenters. The third-order valence-corrected chi connectivity index (χ3v) is 1.92. The predicted octanol–water partition coefficient (Wildman–Crippen LogP) is 2.41. The Morgan fingerprint density at radius 3 is 2.79 bits per heavy atom. The molecule has 76 valence electrons. The zero-order valence-corrected chi connectivity index (χ0v) is 8.11. The fourth-order valence-electron chi connectivity index (χ4n) is 1.28. The number of nitrogens with one attached hydrogen (secondary N) is 1. The van der Waals surface area contributed by atoms with Gasteiger partial charge in [0.25, 0.3) is 0 Å². The SMILES string of the molecule is C=C/C=C1/OC(C=N)OC1CCC=C. The smallest absolute Gasteiger partial charge is 0.236 e. The molecule has 3 nitrogen and oxygen atoms in total. The highest BCUT2D eigenvalue weighted by molar-refractivity contribution is 5.58. The summed E-state index contributed by atoms with van der Waals surface area (Å²) in [7, 11) is 0. The summed E-state index contributed by atoms with van der Waals surface area (Å²) in [5.41, 5.74) is 0. The van der Waals surface area contributed by atoms with Gasteiger partial charge in [0.15, 0.2) is 0 Å². The Labute approximate surface area is 84.2 Å². The number of ether oxygens (including phenoxy) is 2. The van der Waals surface area contributed by atoms with Crippen molar-refractivity contribution in [3.63, 3.8) is 0 Å². The molecule has 0 aromatic carbocycles. The van der Waals surface area contributed by atoms with Gasteiger partial charge < -0.3 is 14.9 Å². The summed E-state index contributed by atoms with van der Waals surface area (Å²) in [6.45, 7) is 7.25. The van der Waals surface area contributed by atoms with Crippen molar-refractivity contribution >= 4 is 6.21 Å². The Morgan fingerprint density at radius 2 is 2.21 bits per heavy atom. The lowest BCUT2D eigenvalue weighted by atomic mass is 10.1. The van der Waals surface area contributed by atoms with E-state index >= 15 is 0 Å².